The molecule has 4 nitrogen and oxygen atoms in total. The zero-order valence-electron chi connectivity index (χ0n) is 16.6. The lowest BCUT2D eigenvalue weighted by Crippen LogP contribution is -2.44. The van der Waals surface area contributed by atoms with Gasteiger partial charge in [0.2, 0.25) is 0 Å². The number of nitrogens with zero attached hydrogens (tertiary/aromatic N) is 1. The van der Waals surface area contributed by atoms with Gasteiger partial charge in [-0.25, -0.2) is 0 Å². The zero-order valence-corrected chi connectivity index (χ0v) is 16.6. The number of morpholine rings is 1. The van der Waals surface area contributed by atoms with Crippen molar-refractivity contribution in [1.82, 2.24) is 10.2 Å². The van der Waals surface area contributed by atoms with Gasteiger partial charge < -0.3 is 14.8 Å². The highest BCUT2D eigenvalue weighted by Crippen LogP contribution is 2.43. The van der Waals surface area contributed by atoms with Gasteiger partial charge >= 0.3 is 0 Å². The molecule has 0 bridgehead atoms. The summed E-state index contributed by atoms with van der Waals surface area (Å²) >= 11 is 0. The van der Waals surface area contributed by atoms with Crippen LogP contribution in [0.4, 0.5) is 0 Å². The summed E-state index contributed by atoms with van der Waals surface area (Å²) in [7, 11) is 0. The Hall–Kier alpha value is -0.940. The summed E-state index contributed by atoms with van der Waals surface area (Å²) in [6, 6.07) is 11.0. The average molecular weight is 361 g/mol. The van der Waals surface area contributed by atoms with Crippen LogP contribution < -0.4 is 5.32 Å². The number of benzene rings is 1. The minimum Gasteiger partial charge on any atom is -0.379 e. The molecule has 0 spiro atoms. The fourth-order valence-corrected chi connectivity index (χ4v) is 4.61. The second-order valence-electron chi connectivity index (χ2n) is 8.65. The Balaban J connectivity index is 1.50. The highest BCUT2D eigenvalue weighted by atomic mass is 16.5. The van der Waals surface area contributed by atoms with Crippen LogP contribution in [0.5, 0.6) is 0 Å². The molecule has 3 rings (SSSR count). The highest BCUT2D eigenvalue weighted by molar-refractivity contribution is 5.17. The van der Waals surface area contributed by atoms with Gasteiger partial charge in [-0.1, -0.05) is 30.3 Å². The first-order valence-corrected chi connectivity index (χ1v) is 10.3. The van der Waals surface area contributed by atoms with E-state index in [9.17, 15) is 0 Å². The van der Waals surface area contributed by atoms with Gasteiger partial charge in [-0.3, -0.25) is 4.90 Å². The quantitative estimate of drug-likeness (QED) is 0.722. The van der Waals surface area contributed by atoms with Crippen LogP contribution in [0.15, 0.2) is 30.3 Å². The van der Waals surface area contributed by atoms with Crippen LogP contribution in [0.25, 0.3) is 0 Å². The van der Waals surface area contributed by atoms with E-state index in [2.05, 4.69) is 54.4 Å². The van der Waals surface area contributed by atoms with E-state index in [0.717, 1.165) is 71.8 Å². The predicted molar refractivity (Wildman–Crippen MR) is 107 cm³/mol. The van der Waals surface area contributed by atoms with Crippen LogP contribution in [-0.4, -0.2) is 63.0 Å². The number of rotatable bonds is 8. The molecule has 0 aromatic heterocycles. The molecule has 2 fully saturated rings. The van der Waals surface area contributed by atoms with Gasteiger partial charge in [-0.15, -0.1) is 0 Å². The van der Waals surface area contributed by atoms with Crippen molar-refractivity contribution in [1.29, 1.82) is 0 Å². The van der Waals surface area contributed by atoms with Crippen molar-refractivity contribution >= 4 is 0 Å². The maximum absolute atomic E-state index is 6.03. The monoisotopic (exact) mass is 360 g/mol. The predicted octanol–water partition coefficient (Wildman–Crippen LogP) is 3.12. The van der Waals surface area contributed by atoms with Crippen LogP contribution in [0.3, 0.4) is 0 Å². The van der Waals surface area contributed by atoms with Crippen molar-refractivity contribution in [3.05, 3.63) is 35.9 Å². The van der Waals surface area contributed by atoms with Crippen LogP contribution in [0, 0.1) is 5.41 Å². The number of ether oxygens (including phenoxy) is 2. The smallest absolute Gasteiger partial charge is 0.0631 e. The number of nitrogens with one attached hydrogen (secondary N) is 1. The van der Waals surface area contributed by atoms with Crippen molar-refractivity contribution in [3.8, 4) is 0 Å². The molecule has 1 N–H and O–H groups in total. The van der Waals surface area contributed by atoms with Gasteiger partial charge in [-0.2, -0.15) is 0 Å². The molecule has 0 saturated carbocycles. The molecule has 2 aliphatic heterocycles. The Morgan fingerprint density at radius 2 is 1.81 bits per heavy atom. The Morgan fingerprint density at radius 1 is 1.04 bits per heavy atom. The summed E-state index contributed by atoms with van der Waals surface area (Å²) in [6.07, 6.45) is 4.68. The van der Waals surface area contributed by atoms with Gasteiger partial charge in [0.1, 0.15) is 0 Å². The molecule has 1 atom stereocenters. The minimum absolute atomic E-state index is 0.0131. The van der Waals surface area contributed by atoms with Gasteiger partial charge in [-0.05, 0) is 57.1 Å². The maximum Gasteiger partial charge on any atom is 0.0631 e. The molecule has 2 heterocycles. The van der Waals surface area contributed by atoms with E-state index >= 15 is 0 Å². The lowest BCUT2D eigenvalue weighted by atomic mass is 9.68. The molecule has 0 radical (unpaired) electrons. The lowest BCUT2D eigenvalue weighted by Gasteiger charge is -2.45. The summed E-state index contributed by atoms with van der Waals surface area (Å²) in [5, 5.41) is 3.69. The van der Waals surface area contributed by atoms with Gasteiger partial charge in [0.25, 0.3) is 0 Å². The minimum atomic E-state index is -0.0131. The molecule has 1 aromatic carbocycles. The van der Waals surface area contributed by atoms with Crippen LogP contribution >= 0.6 is 0 Å². The number of hydrogen-bond acceptors (Lipinski definition) is 4. The van der Waals surface area contributed by atoms with E-state index in [-0.39, 0.29) is 5.60 Å². The molecular formula is C22H36N2O2. The summed E-state index contributed by atoms with van der Waals surface area (Å²) in [6.45, 7) is 12.6. The van der Waals surface area contributed by atoms with Gasteiger partial charge in [0, 0.05) is 32.8 Å². The number of hydrogen-bond donors (Lipinski definition) is 1. The Bertz CT molecular complexity index is 528. The van der Waals surface area contributed by atoms with Crippen LogP contribution in [0.1, 0.15) is 38.7 Å². The van der Waals surface area contributed by atoms with Crippen molar-refractivity contribution in [2.24, 2.45) is 5.41 Å². The third kappa shape index (κ3) is 6.05. The first-order valence-electron chi connectivity index (χ1n) is 10.3. The van der Waals surface area contributed by atoms with E-state index < -0.39 is 0 Å². The van der Waals surface area contributed by atoms with E-state index in [1.54, 1.807) is 0 Å². The molecular weight excluding hydrogens is 324 g/mol. The maximum atomic E-state index is 6.03. The van der Waals surface area contributed by atoms with Crippen molar-refractivity contribution in [2.75, 3.05) is 52.5 Å². The second-order valence-corrected chi connectivity index (χ2v) is 8.65. The molecule has 26 heavy (non-hydrogen) atoms. The topological polar surface area (TPSA) is 33.7 Å². The largest absolute Gasteiger partial charge is 0.379 e. The molecule has 0 amide bonds. The van der Waals surface area contributed by atoms with E-state index in [1.807, 2.05) is 0 Å². The van der Waals surface area contributed by atoms with Crippen molar-refractivity contribution in [2.45, 2.75) is 45.1 Å². The second kappa shape index (κ2) is 9.32. The summed E-state index contributed by atoms with van der Waals surface area (Å²) in [4.78, 5) is 2.49. The average Bonchev–Trinajstić information content (AvgIpc) is 2.62. The fraction of sp³-hybridized carbons (Fsp3) is 0.727. The first kappa shape index (κ1) is 19.8. The molecule has 4 heteroatoms. The Labute approximate surface area is 159 Å². The van der Waals surface area contributed by atoms with Gasteiger partial charge in [0.15, 0.2) is 0 Å². The Morgan fingerprint density at radius 3 is 2.54 bits per heavy atom. The van der Waals surface area contributed by atoms with E-state index in [1.165, 1.54) is 12.0 Å². The Kier molecular flexibility index (Phi) is 7.10. The molecule has 0 unspecified atom stereocenters. The third-order valence-electron chi connectivity index (χ3n) is 5.89. The molecule has 2 saturated heterocycles. The van der Waals surface area contributed by atoms with E-state index in [0.29, 0.717) is 5.41 Å². The van der Waals surface area contributed by atoms with Crippen molar-refractivity contribution in [3.63, 3.8) is 0 Å². The summed E-state index contributed by atoms with van der Waals surface area (Å²) in [5.41, 5.74) is 1.79. The van der Waals surface area contributed by atoms with Crippen LogP contribution in [0.2, 0.25) is 0 Å². The highest BCUT2D eigenvalue weighted by Gasteiger charge is 2.40. The summed E-state index contributed by atoms with van der Waals surface area (Å²) < 4.78 is 11.4. The molecule has 2 aliphatic rings. The normalized spacial score (nSPS) is 26.7. The molecule has 1 aromatic rings. The molecule has 146 valence electrons. The molecule has 0 aliphatic carbocycles. The zero-order chi connectivity index (χ0) is 18.3. The van der Waals surface area contributed by atoms with Crippen molar-refractivity contribution < 1.29 is 9.47 Å². The van der Waals surface area contributed by atoms with Gasteiger partial charge in [0.05, 0.1) is 18.8 Å². The van der Waals surface area contributed by atoms with E-state index in [4.69, 9.17) is 9.47 Å². The van der Waals surface area contributed by atoms with Crippen LogP contribution in [-0.2, 0) is 15.9 Å². The first-order chi connectivity index (χ1) is 12.6. The summed E-state index contributed by atoms with van der Waals surface area (Å²) in [5.74, 6) is 0. The SMILES string of the molecule is CC1(C)C[C@@](CCNCCN2CCOCC2)(Cc2ccccc2)CCO1. The lowest BCUT2D eigenvalue weighted by molar-refractivity contribution is -0.107. The fourth-order valence-electron chi connectivity index (χ4n) is 4.61. The third-order valence-corrected chi connectivity index (χ3v) is 5.89. The standard InChI is InChI=1S/C22H36N2O2/c1-21(2)19-22(9-15-26-21,18-20-6-4-3-5-7-20)8-10-23-11-12-24-13-16-25-17-14-24/h3-7,23H,8-19H2,1-2H3/t22-/m1/s1.